The summed E-state index contributed by atoms with van der Waals surface area (Å²) in [5.41, 5.74) is 6.26. The maximum atomic E-state index is 13.5. The van der Waals surface area contributed by atoms with Crippen LogP contribution < -0.4 is 4.90 Å². The van der Waals surface area contributed by atoms with Crippen molar-refractivity contribution >= 4 is 28.1 Å². The number of rotatable bonds is 6. The van der Waals surface area contributed by atoms with E-state index in [1.165, 1.54) is 0 Å². The lowest BCUT2D eigenvalue weighted by Crippen LogP contribution is -2.27. The Labute approximate surface area is 188 Å². The average molecular weight is 427 g/mol. The first kappa shape index (κ1) is 21.0. The van der Waals surface area contributed by atoms with Crippen LogP contribution in [0.5, 0.6) is 0 Å². The highest BCUT2D eigenvalue weighted by Gasteiger charge is 2.24. The molecule has 0 aliphatic heterocycles. The number of anilines is 2. The fourth-order valence-corrected chi connectivity index (χ4v) is 4.62. The van der Waals surface area contributed by atoms with Gasteiger partial charge in [-0.1, -0.05) is 72.8 Å². The molecule has 156 valence electrons. The van der Waals surface area contributed by atoms with Crippen LogP contribution in [0.15, 0.2) is 78.9 Å². The summed E-state index contributed by atoms with van der Waals surface area (Å²) in [5.74, 6) is 0.0610. The van der Waals surface area contributed by atoms with Crippen molar-refractivity contribution in [3.8, 4) is 11.3 Å². The molecule has 0 bridgehead atoms. The molecule has 4 aromatic rings. The largest absolute Gasteiger partial charge is 0.274 e. The number of hydrogen-bond acceptors (Lipinski definition) is 3. The topological polar surface area (TPSA) is 33.2 Å². The van der Waals surface area contributed by atoms with E-state index in [0.29, 0.717) is 12.8 Å². The van der Waals surface area contributed by atoms with Crippen LogP contribution in [0.4, 0.5) is 10.8 Å². The zero-order valence-electron chi connectivity index (χ0n) is 18.1. The predicted octanol–water partition coefficient (Wildman–Crippen LogP) is 7.03. The fourth-order valence-electron chi connectivity index (χ4n) is 3.65. The second kappa shape index (κ2) is 9.27. The average Bonchev–Trinajstić information content (AvgIpc) is 3.17. The first-order chi connectivity index (χ1) is 15.0. The second-order valence-corrected chi connectivity index (χ2v) is 8.95. The highest BCUT2D eigenvalue weighted by atomic mass is 32.1. The van der Waals surface area contributed by atoms with E-state index in [2.05, 4.69) is 56.3 Å². The van der Waals surface area contributed by atoms with Crippen LogP contribution >= 0.6 is 11.3 Å². The zero-order chi connectivity index (χ0) is 21.8. The molecule has 0 aliphatic carbocycles. The Bertz CT molecular complexity index is 1180. The van der Waals surface area contributed by atoms with Gasteiger partial charge in [-0.3, -0.25) is 9.69 Å². The van der Waals surface area contributed by atoms with Gasteiger partial charge in [-0.2, -0.15) is 0 Å². The van der Waals surface area contributed by atoms with Crippen LogP contribution in [-0.2, 0) is 11.2 Å². The number of benzene rings is 3. The molecule has 0 spiro atoms. The van der Waals surface area contributed by atoms with Crippen molar-refractivity contribution in [2.75, 3.05) is 4.90 Å². The van der Waals surface area contributed by atoms with E-state index in [9.17, 15) is 4.79 Å². The van der Waals surface area contributed by atoms with Crippen LogP contribution in [0.1, 0.15) is 28.0 Å². The molecule has 3 nitrogen and oxygen atoms in total. The minimum atomic E-state index is 0.0610. The molecule has 0 radical (unpaired) electrons. The van der Waals surface area contributed by atoms with Gasteiger partial charge in [0.15, 0.2) is 5.13 Å². The van der Waals surface area contributed by atoms with E-state index < -0.39 is 0 Å². The fraction of sp³-hybridized carbons (Fsp3) is 0.185. The normalized spacial score (nSPS) is 10.8. The minimum Gasteiger partial charge on any atom is -0.274 e. The highest BCUT2D eigenvalue weighted by Crippen LogP contribution is 2.37. The number of nitrogens with zero attached hydrogens (tertiary/aromatic N) is 2. The van der Waals surface area contributed by atoms with E-state index in [4.69, 9.17) is 4.98 Å². The molecule has 0 N–H and O–H groups in total. The van der Waals surface area contributed by atoms with Crippen molar-refractivity contribution in [1.29, 1.82) is 0 Å². The standard InChI is InChI=1S/C27H26N2OS/c1-19-14-15-20(2)24(18-19)29(25(30)17-16-22-10-6-4-7-11-22)27-28-26(21(3)31-27)23-12-8-5-9-13-23/h4-15,18H,16-17H2,1-3H3. The van der Waals surface area contributed by atoms with Gasteiger partial charge in [0.05, 0.1) is 11.4 Å². The molecular formula is C27H26N2OS. The summed E-state index contributed by atoms with van der Waals surface area (Å²) in [4.78, 5) is 21.4. The first-order valence-corrected chi connectivity index (χ1v) is 11.3. The highest BCUT2D eigenvalue weighted by molar-refractivity contribution is 7.16. The van der Waals surface area contributed by atoms with Gasteiger partial charge in [-0.15, -0.1) is 11.3 Å². The Morgan fingerprint density at radius 3 is 2.29 bits per heavy atom. The Balaban J connectivity index is 1.72. The number of carbonyl (C=O) groups excluding carboxylic acids is 1. The van der Waals surface area contributed by atoms with Gasteiger partial charge < -0.3 is 0 Å². The zero-order valence-corrected chi connectivity index (χ0v) is 18.9. The van der Waals surface area contributed by atoms with Crippen LogP contribution in [-0.4, -0.2) is 10.9 Å². The second-order valence-electron chi connectivity index (χ2n) is 7.77. The molecule has 0 saturated carbocycles. The van der Waals surface area contributed by atoms with E-state index in [-0.39, 0.29) is 5.91 Å². The molecule has 1 amide bonds. The Kier molecular flexibility index (Phi) is 6.28. The summed E-state index contributed by atoms with van der Waals surface area (Å²) < 4.78 is 0. The predicted molar refractivity (Wildman–Crippen MR) is 130 cm³/mol. The van der Waals surface area contributed by atoms with Gasteiger partial charge in [0.2, 0.25) is 5.91 Å². The minimum absolute atomic E-state index is 0.0610. The van der Waals surface area contributed by atoms with Crippen molar-refractivity contribution in [3.05, 3.63) is 100 Å². The van der Waals surface area contributed by atoms with Crippen LogP contribution in [0.2, 0.25) is 0 Å². The van der Waals surface area contributed by atoms with Gasteiger partial charge in [0, 0.05) is 16.9 Å². The molecule has 4 rings (SSSR count). The number of carbonyl (C=O) groups is 1. The van der Waals surface area contributed by atoms with Crippen LogP contribution in [0, 0.1) is 20.8 Å². The summed E-state index contributed by atoms with van der Waals surface area (Å²) in [6, 6.07) is 26.5. The molecule has 0 unspecified atom stereocenters. The SMILES string of the molecule is Cc1ccc(C)c(N(C(=O)CCc2ccccc2)c2nc(-c3ccccc3)c(C)s2)c1. The molecule has 4 heteroatoms. The van der Waals surface area contributed by atoms with Crippen molar-refractivity contribution < 1.29 is 4.79 Å². The molecule has 0 atom stereocenters. The lowest BCUT2D eigenvalue weighted by Gasteiger charge is -2.22. The van der Waals surface area contributed by atoms with Gasteiger partial charge in [0.25, 0.3) is 0 Å². The van der Waals surface area contributed by atoms with Gasteiger partial charge in [-0.25, -0.2) is 4.98 Å². The monoisotopic (exact) mass is 426 g/mol. The first-order valence-electron chi connectivity index (χ1n) is 10.5. The summed E-state index contributed by atoms with van der Waals surface area (Å²) in [6.45, 7) is 6.17. The van der Waals surface area contributed by atoms with E-state index >= 15 is 0 Å². The number of hydrogen-bond donors (Lipinski definition) is 0. The molecule has 3 aromatic carbocycles. The van der Waals surface area contributed by atoms with Crippen molar-refractivity contribution in [1.82, 2.24) is 4.98 Å². The summed E-state index contributed by atoms with van der Waals surface area (Å²) in [5, 5.41) is 0.725. The summed E-state index contributed by atoms with van der Waals surface area (Å²) >= 11 is 1.57. The Morgan fingerprint density at radius 1 is 0.903 bits per heavy atom. The molecule has 31 heavy (non-hydrogen) atoms. The summed E-state index contributed by atoms with van der Waals surface area (Å²) in [6.07, 6.45) is 1.13. The molecule has 1 heterocycles. The molecular weight excluding hydrogens is 400 g/mol. The van der Waals surface area contributed by atoms with Crippen LogP contribution in [0.3, 0.4) is 0 Å². The maximum absolute atomic E-state index is 13.5. The Hall–Kier alpha value is -3.24. The van der Waals surface area contributed by atoms with Crippen molar-refractivity contribution in [3.63, 3.8) is 0 Å². The molecule has 1 aromatic heterocycles. The van der Waals surface area contributed by atoms with Gasteiger partial charge >= 0.3 is 0 Å². The van der Waals surface area contributed by atoms with Crippen molar-refractivity contribution in [2.24, 2.45) is 0 Å². The smallest absolute Gasteiger partial charge is 0.233 e. The van der Waals surface area contributed by atoms with E-state index in [1.54, 1.807) is 11.3 Å². The lowest BCUT2D eigenvalue weighted by atomic mass is 10.1. The lowest BCUT2D eigenvalue weighted by molar-refractivity contribution is -0.117. The number of amides is 1. The maximum Gasteiger partial charge on any atom is 0.233 e. The third-order valence-corrected chi connectivity index (χ3v) is 6.31. The number of thiazole rings is 1. The molecule has 0 saturated heterocycles. The van der Waals surface area contributed by atoms with Gasteiger partial charge in [-0.05, 0) is 49.9 Å². The Morgan fingerprint density at radius 2 is 1.58 bits per heavy atom. The molecule has 0 fully saturated rings. The third-order valence-electron chi connectivity index (χ3n) is 5.35. The molecule has 0 aliphatic rings. The quantitative estimate of drug-likeness (QED) is 0.331. The third kappa shape index (κ3) is 4.75. The van der Waals surface area contributed by atoms with E-state index in [0.717, 1.165) is 43.6 Å². The number of aromatic nitrogens is 1. The van der Waals surface area contributed by atoms with Crippen LogP contribution in [0.25, 0.3) is 11.3 Å². The summed E-state index contributed by atoms with van der Waals surface area (Å²) in [7, 11) is 0. The van der Waals surface area contributed by atoms with E-state index in [1.807, 2.05) is 48.2 Å². The van der Waals surface area contributed by atoms with Crippen molar-refractivity contribution in [2.45, 2.75) is 33.6 Å². The number of aryl methyl sites for hydroxylation is 4. The van der Waals surface area contributed by atoms with Gasteiger partial charge in [0.1, 0.15) is 0 Å².